The molecule has 29 heavy (non-hydrogen) atoms. The minimum atomic E-state index is -0.120. The summed E-state index contributed by atoms with van der Waals surface area (Å²) in [6.07, 6.45) is 1.79. The molecular formula is C23H29N3O3. The number of hydrogen-bond acceptors (Lipinski definition) is 4. The van der Waals surface area contributed by atoms with Gasteiger partial charge in [0, 0.05) is 24.3 Å². The zero-order chi connectivity index (χ0) is 20.3. The van der Waals surface area contributed by atoms with Gasteiger partial charge in [-0.05, 0) is 54.2 Å². The first-order valence-electron chi connectivity index (χ1n) is 10.2. The fourth-order valence-corrected chi connectivity index (χ4v) is 3.93. The summed E-state index contributed by atoms with van der Waals surface area (Å²) >= 11 is 0. The SMILES string of the molecule is CC(C)c1cccc(NC(N)=NCC2(c3ccc4c(c3)OCO4)CCOCC2)c1. The number of fused-ring (bicyclic) bond motifs is 1. The van der Waals surface area contributed by atoms with Gasteiger partial charge in [-0.15, -0.1) is 0 Å². The predicted octanol–water partition coefficient (Wildman–Crippen LogP) is 4.01. The Hall–Kier alpha value is -2.73. The number of guanidine groups is 1. The molecule has 4 rings (SSSR count). The molecule has 0 saturated carbocycles. The number of anilines is 1. The molecule has 2 aromatic carbocycles. The van der Waals surface area contributed by atoms with E-state index in [1.54, 1.807) is 0 Å². The number of benzene rings is 2. The van der Waals surface area contributed by atoms with Crippen LogP contribution in [-0.2, 0) is 10.2 Å². The monoisotopic (exact) mass is 395 g/mol. The summed E-state index contributed by atoms with van der Waals surface area (Å²) < 4.78 is 16.7. The fourth-order valence-electron chi connectivity index (χ4n) is 3.93. The van der Waals surface area contributed by atoms with Gasteiger partial charge in [0.1, 0.15) is 0 Å². The number of rotatable bonds is 5. The van der Waals surface area contributed by atoms with Gasteiger partial charge in [0.15, 0.2) is 17.5 Å². The van der Waals surface area contributed by atoms with E-state index in [-0.39, 0.29) is 12.2 Å². The van der Waals surface area contributed by atoms with Gasteiger partial charge in [-0.3, -0.25) is 4.99 Å². The van der Waals surface area contributed by atoms with Gasteiger partial charge >= 0.3 is 0 Å². The number of ether oxygens (including phenoxy) is 3. The van der Waals surface area contributed by atoms with E-state index in [1.165, 1.54) is 11.1 Å². The van der Waals surface area contributed by atoms with Gasteiger partial charge in [0.25, 0.3) is 0 Å². The van der Waals surface area contributed by atoms with Crippen molar-refractivity contribution < 1.29 is 14.2 Å². The van der Waals surface area contributed by atoms with Crippen molar-refractivity contribution in [3.05, 3.63) is 53.6 Å². The smallest absolute Gasteiger partial charge is 0.231 e. The molecule has 2 aliphatic rings. The highest BCUT2D eigenvalue weighted by Gasteiger charge is 2.35. The van der Waals surface area contributed by atoms with Gasteiger partial charge in [0.05, 0.1) is 6.54 Å². The van der Waals surface area contributed by atoms with E-state index < -0.39 is 0 Å². The van der Waals surface area contributed by atoms with Crippen LogP contribution in [0.4, 0.5) is 5.69 Å². The first kappa shape index (κ1) is 19.6. The molecule has 0 aliphatic carbocycles. The molecule has 2 aromatic rings. The minimum absolute atomic E-state index is 0.120. The van der Waals surface area contributed by atoms with E-state index in [0.29, 0.717) is 31.6 Å². The average molecular weight is 396 g/mol. The molecule has 6 heteroatoms. The Balaban J connectivity index is 1.53. The Bertz CT molecular complexity index is 889. The number of nitrogens with two attached hydrogens (primary N) is 1. The first-order valence-corrected chi connectivity index (χ1v) is 10.2. The number of nitrogens with zero attached hydrogens (tertiary/aromatic N) is 1. The molecule has 6 nitrogen and oxygen atoms in total. The average Bonchev–Trinajstić information content (AvgIpc) is 3.21. The third-order valence-electron chi connectivity index (χ3n) is 5.81. The lowest BCUT2D eigenvalue weighted by Gasteiger charge is -2.36. The van der Waals surface area contributed by atoms with Crippen LogP contribution < -0.4 is 20.5 Å². The predicted molar refractivity (Wildman–Crippen MR) is 115 cm³/mol. The van der Waals surface area contributed by atoms with Gasteiger partial charge in [-0.2, -0.15) is 0 Å². The van der Waals surface area contributed by atoms with Gasteiger partial charge in [-0.1, -0.05) is 32.0 Å². The van der Waals surface area contributed by atoms with Gasteiger partial charge < -0.3 is 25.3 Å². The lowest BCUT2D eigenvalue weighted by molar-refractivity contribution is 0.0531. The Morgan fingerprint density at radius 1 is 1.10 bits per heavy atom. The molecular weight excluding hydrogens is 366 g/mol. The lowest BCUT2D eigenvalue weighted by Crippen LogP contribution is -2.38. The largest absolute Gasteiger partial charge is 0.454 e. The zero-order valence-electron chi connectivity index (χ0n) is 17.1. The van der Waals surface area contributed by atoms with Crippen LogP contribution in [0.15, 0.2) is 47.5 Å². The second-order valence-electron chi connectivity index (χ2n) is 8.07. The van der Waals surface area contributed by atoms with Crippen LogP contribution >= 0.6 is 0 Å². The van der Waals surface area contributed by atoms with E-state index in [0.717, 1.165) is 30.0 Å². The molecule has 0 radical (unpaired) electrons. The van der Waals surface area contributed by atoms with Gasteiger partial charge in [-0.25, -0.2) is 0 Å². The fraction of sp³-hybridized carbons (Fsp3) is 0.435. The normalized spacial score (nSPS) is 18.1. The van der Waals surface area contributed by atoms with Crippen LogP contribution in [0.5, 0.6) is 11.5 Å². The van der Waals surface area contributed by atoms with Crippen LogP contribution in [0.1, 0.15) is 43.7 Å². The third kappa shape index (κ3) is 4.32. The number of nitrogens with one attached hydrogen (secondary N) is 1. The summed E-state index contributed by atoms with van der Waals surface area (Å²) in [6, 6.07) is 14.5. The summed E-state index contributed by atoms with van der Waals surface area (Å²) in [6.45, 7) is 6.66. The molecule has 0 amide bonds. The highest BCUT2D eigenvalue weighted by molar-refractivity contribution is 5.92. The maximum atomic E-state index is 6.24. The third-order valence-corrected chi connectivity index (χ3v) is 5.81. The molecule has 0 bridgehead atoms. The standard InChI is InChI=1S/C23H29N3O3/c1-16(2)17-4-3-5-19(12-17)26-22(24)25-14-23(8-10-27-11-9-23)18-6-7-20-21(13-18)29-15-28-20/h3-7,12-13,16H,8-11,14-15H2,1-2H3,(H3,24,25,26). The number of hydrogen-bond donors (Lipinski definition) is 2. The summed E-state index contributed by atoms with van der Waals surface area (Å²) in [4.78, 5) is 4.72. The molecule has 1 saturated heterocycles. The molecule has 2 aliphatic heterocycles. The van der Waals surface area contributed by atoms with E-state index in [2.05, 4.69) is 43.4 Å². The minimum Gasteiger partial charge on any atom is -0.454 e. The molecule has 0 unspecified atom stereocenters. The van der Waals surface area contributed by atoms with Crippen molar-refractivity contribution in [3.8, 4) is 11.5 Å². The summed E-state index contributed by atoms with van der Waals surface area (Å²) in [5, 5.41) is 3.24. The van der Waals surface area contributed by atoms with Crippen molar-refractivity contribution in [2.75, 3.05) is 31.9 Å². The Morgan fingerprint density at radius 2 is 1.90 bits per heavy atom. The lowest BCUT2D eigenvalue weighted by atomic mass is 9.74. The van der Waals surface area contributed by atoms with Crippen molar-refractivity contribution in [1.82, 2.24) is 0 Å². The molecule has 1 fully saturated rings. The van der Waals surface area contributed by atoms with Crippen LogP contribution in [0.2, 0.25) is 0 Å². The Labute approximate surface area is 172 Å². The molecule has 154 valence electrons. The molecule has 0 aromatic heterocycles. The maximum absolute atomic E-state index is 6.24. The number of aliphatic imine (C=N–C) groups is 1. The maximum Gasteiger partial charge on any atom is 0.231 e. The molecule has 3 N–H and O–H groups in total. The highest BCUT2D eigenvalue weighted by Crippen LogP contribution is 2.41. The van der Waals surface area contributed by atoms with Crippen molar-refractivity contribution in [2.45, 2.75) is 38.0 Å². The zero-order valence-corrected chi connectivity index (χ0v) is 17.1. The van der Waals surface area contributed by atoms with E-state index in [9.17, 15) is 0 Å². The van der Waals surface area contributed by atoms with E-state index in [1.807, 2.05) is 18.2 Å². The van der Waals surface area contributed by atoms with Crippen molar-refractivity contribution in [2.24, 2.45) is 10.7 Å². The van der Waals surface area contributed by atoms with Crippen molar-refractivity contribution >= 4 is 11.6 Å². The van der Waals surface area contributed by atoms with Crippen molar-refractivity contribution in [3.63, 3.8) is 0 Å². The quantitative estimate of drug-likeness (QED) is 0.591. The molecule has 2 heterocycles. The summed E-state index contributed by atoms with van der Waals surface area (Å²) in [7, 11) is 0. The van der Waals surface area contributed by atoms with E-state index >= 15 is 0 Å². The van der Waals surface area contributed by atoms with Crippen LogP contribution in [0.25, 0.3) is 0 Å². The van der Waals surface area contributed by atoms with Crippen molar-refractivity contribution in [1.29, 1.82) is 0 Å². The Morgan fingerprint density at radius 3 is 2.69 bits per heavy atom. The second kappa shape index (κ2) is 8.33. The van der Waals surface area contributed by atoms with Crippen LogP contribution in [0, 0.1) is 0 Å². The van der Waals surface area contributed by atoms with E-state index in [4.69, 9.17) is 24.9 Å². The summed E-state index contributed by atoms with van der Waals surface area (Å²) in [5.41, 5.74) is 9.54. The van der Waals surface area contributed by atoms with Gasteiger partial charge in [0.2, 0.25) is 6.79 Å². The highest BCUT2D eigenvalue weighted by atomic mass is 16.7. The first-order chi connectivity index (χ1) is 14.1. The molecule has 0 spiro atoms. The van der Waals surface area contributed by atoms with Crippen LogP contribution in [0.3, 0.4) is 0 Å². The summed E-state index contributed by atoms with van der Waals surface area (Å²) in [5.74, 6) is 2.49. The molecule has 0 atom stereocenters. The second-order valence-corrected chi connectivity index (χ2v) is 8.07. The topological polar surface area (TPSA) is 78.1 Å². The Kier molecular flexibility index (Phi) is 5.62. The van der Waals surface area contributed by atoms with Crippen LogP contribution in [-0.4, -0.2) is 32.5 Å².